The lowest BCUT2D eigenvalue weighted by atomic mass is 9.93. The van der Waals surface area contributed by atoms with Gasteiger partial charge in [-0.1, -0.05) is 36.9 Å². The molecule has 2 aromatic carbocycles. The van der Waals surface area contributed by atoms with E-state index in [0.29, 0.717) is 24.2 Å². The Kier molecular flexibility index (Phi) is 5.97. The van der Waals surface area contributed by atoms with Crippen LogP contribution in [0.1, 0.15) is 22.8 Å². The maximum atomic E-state index is 12.8. The molecule has 0 unspecified atom stereocenters. The molecule has 6 heteroatoms. The van der Waals surface area contributed by atoms with Crippen molar-refractivity contribution in [2.24, 2.45) is 0 Å². The third-order valence-corrected chi connectivity index (χ3v) is 4.61. The van der Waals surface area contributed by atoms with Crippen LogP contribution in [0.3, 0.4) is 0 Å². The Bertz CT molecular complexity index is 1080. The number of rotatable bonds is 8. The van der Waals surface area contributed by atoms with Crippen LogP contribution in [0.5, 0.6) is 0 Å². The van der Waals surface area contributed by atoms with E-state index in [1.807, 2.05) is 36.4 Å². The van der Waals surface area contributed by atoms with E-state index in [0.717, 1.165) is 27.6 Å². The van der Waals surface area contributed by atoms with Gasteiger partial charge in [0.05, 0.1) is 24.3 Å². The molecule has 0 fully saturated rings. The Balaban J connectivity index is 2.05. The topological polar surface area (TPSA) is 70.7 Å². The zero-order valence-electron chi connectivity index (χ0n) is 15.7. The van der Waals surface area contributed by atoms with Gasteiger partial charge in [-0.3, -0.25) is 9.48 Å². The van der Waals surface area contributed by atoms with Gasteiger partial charge in [-0.15, -0.1) is 0 Å². The fraction of sp³-hybridized carbons (Fsp3) is 0.227. The van der Waals surface area contributed by atoms with Crippen LogP contribution in [0.15, 0.2) is 54.7 Å². The Morgan fingerprint density at radius 3 is 2.89 bits per heavy atom. The van der Waals surface area contributed by atoms with E-state index < -0.39 is 6.67 Å². The highest BCUT2D eigenvalue weighted by Gasteiger charge is 2.14. The van der Waals surface area contributed by atoms with Gasteiger partial charge >= 0.3 is 0 Å². The highest BCUT2D eigenvalue weighted by molar-refractivity contribution is 5.98. The molecule has 5 nitrogen and oxygen atoms in total. The summed E-state index contributed by atoms with van der Waals surface area (Å²) in [6.07, 6.45) is 1.72. The number of nitrogens with one attached hydrogen (secondary N) is 1. The van der Waals surface area contributed by atoms with Gasteiger partial charge in [-0.25, -0.2) is 4.39 Å². The minimum atomic E-state index is -0.487. The first-order chi connectivity index (χ1) is 13.5. The van der Waals surface area contributed by atoms with Crippen LogP contribution in [0.2, 0.25) is 0 Å². The normalized spacial score (nSPS) is 10.8. The Morgan fingerprint density at radius 2 is 2.18 bits per heavy atom. The standard InChI is InChI=1S/C22H21FN4O/c1-15(11-24)12-25-14-21-19(16(2)28)4-3-5-20(21)17-6-7-18-13-26-27(9-8-23)22(18)10-17/h3-7,10,13,25H,1,8-9,12,14H2,2H3. The summed E-state index contributed by atoms with van der Waals surface area (Å²) in [5.74, 6) is -0.0266. The number of benzene rings is 2. The van der Waals surface area contributed by atoms with E-state index >= 15 is 0 Å². The van der Waals surface area contributed by atoms with Crippen LogP contribution in [0.25, 0.3) is 22.0 Å². The van der Waals surface area contributed by atoms with Gasteiger partial charge in [0.15, 0.2) is 5.78 Å². The van der Waals surface area contributed by atoms with Crippen molar-refractivity contribution in [1.29, 1.82) is 5.26 Å². The smallest absolute Gasteiger partial charge is 0.160 e. The minimum Gasteiger partial charge on any atom is -0.308 e. The second-order valence-corrected chi connectivity index (χ2v) is 6.54. The molecule has 0 saturated heterocycles. The van der Waals surface area contributed by atoms with Crippen LogP contribution in [-0.2, 0) is 13.1 Å². The summed E-state index contributed by atoms with van der Waals surface area (Å²) in [5, 5.41) is 17.2. The third-order valence-electron chi connectivity index (χ3n) is 4.61. The van der Waals surface area contributed by atoms with E-state index in [1.165, 1.54) is 6.92 Å². The van der Waals surface area contributed by atoms with Gasteiger partial charge in [0.1, 0.15) is 6.67 Å². The predicted molar refractivity (Wildman–Crippen MR) is 108 cm³/mol. The molecule has 3 aromatic rings. The second-order valence-electron chi connectivity index (χ2n) is 6.54. The number of alkyl halides is 1. The van der Waals surface area contributed by atoms with Crippen molar-refractivity contribution in [3.63, 3.8) is 0 Å². The molecule has 0 saturated carbocycles. The molecule has 0 aliphatic carbocycles. The van der Waals surface area contributed by atoms with Crippen molar-refractivity contribution >= 4 is 16.7 Å². The highest BCUT2D eigenvalue weighted by atomic mass is 19.1. The zero-order valence-corrected chi connectivity index (χ0v) is 15.7. The van der Waals surface area contributed by atoms with Crippen molar-refractivity contribution in [2.75, 3.05) is 13.2 Å². The fourth-order valence-electron chi connectivity index (χ4n) is 3.25. The average molecular weight is 376 g/mol. The largest absolute Gasteiger partial charge is 0.308 e. The molecule has 142 valence electrons. The number of fused-ring (bicyclic) bond motifs is 1. The molecule has 0 atom stereocenters. The molecular formula is C22H21FN4O. The summed E-state index contributed by atoms with van der Waals surface area (Å²) in [6.45, 7) is 5.69. The van der Waals surface area contributed by atoms with Crippen LogP contribution in [-0.4, -0.2) is 28.8 Å². The number of carbonyl (C=O) groups excluding carboxylic acids is 1. The van der Waals surface area contributed by atoms with E-state index in [1.54, 1.807) is 16.9 Å². The summed E-state index contributed by atoms with van der Waals surface area (Å²) in [4.78, 5) is 12.2. The number of halogens is 1. The molecule has 1 aromatic heterocycles. The first kappa shape index (κ1) is 19.5. The van der Waals surface area contributed by atoms with Crippen molar-refractivity contribution in [3.8, 4) is 17.2 Å². The van der Waals surface area contributed by atoms with Crippen LogP contribution in [0, 0.1) is 11.3 Å². The number of aryl methyl sites for hydroxylation is 1. The number of aromatic nitrogens is 2. The first-order valence-electron chi connectivity index (χ1n) is 8.98. The van der Waals surface area contributed by atoms with Crippen molar-refractivity contribution < 1.29 is 9.18 Å². The molecule has 0 bridgehead atoms. The quantitative estimate of drug-likeness (QED) is 0.476. The van der Waals surface area contributed by atoms with Gasteiger partial charge in [-0.05, 0) is 29.7 Å². The number of carbonyl (C=O) groups is 1. The van der Waals surface area contributed by atoms with Crippen LogP contribution in [0.4, 0.5) is 4.39 Å². The number of ketones is 1. The molecule has 0 radical (unpaired) electrons. The summed E-state index contributed by atoms with van der Waals surface area (Å²) in [5.41, 5.74) is 4.60. The molecule has 1 N–H and O–H groups in total. The number of nitrogens with zero attached hydrogens (tertiary/aromatic N) is 3. The third kappa shape index (κ3) is 4.00. The molecule has 3 rings (SSSR count). The molecule has 1 heterocycles. The van der Waals surface area contributed by atoms with E-state index in [-0.39, 0.29) is 12.3 Å². The Labute approximate surface area is 163 Å². The van der Waals surface area contributed by atoms with Gasteiger partial charge in [0.25, 0.3) is 0 Å². The summed E-state index contributed by atoms with van der Waals surface area (Å²) in [6, 6.07) is 13.5. The molecule has 28 heavy (non-hydrogen) atoms. The monoisotopic (exact) mass is 376 g/mol. The average Bonchev–Trinajstić information content (AvgIpc) is 3.10. The Morgan fingerprint density at radius 1 is 1.36 bits per heavy atom. The lowest BCUT2D eigenvalue weighted by Crippen LogP contribution is -2.18. The summed E-state index contributed by atoms with van der Waals surface area (Å²) >= 11 is 0. The van der Waals surface area contributed by atoms with E-state index in [9.17, 15) is 9.18 Å². The molecule has 0 spiro atoms. The molecular weight excluding hydrogens is 355 g/mol. The second kappa shape index (κ2) is 8.59. The lowest BCUT2D eigenvalue weighted by Gasteiger charge is -2.15. The maximum absolute atomic E-state index is 12.8. The number of hydrogen-bond acceptors (Lipinski definition) is 4. The maximum Gasteiger partial charge on any atom is 0.160 e. The first-order valence-corrected chi connectivity index (χ1v) is 8.98. The van der Waals surface area contributed by atoms with Crippen molar-refractivity contribution in [1.82, 2.24) is 15.1 Å². The molecule has 0 aliphatic rings. The van der Waals surface area contributed by atoms with Crippen molar-refractivity contribution in [2.45, 2.75) is 20.0 Å². The lowest BCUT2D eigenvalue weighted by molar-refractivity contribution is 0.101. The highest BCUT2D eigenvalue weighted by Crippen LogP contribution is 2.29. The van der Waals surface area contributed by atoms with Gasteiger partial charge in [0, 0.05) is 29.6 Å². The van der Waals surface area contributed by atoms with E-state index in [2.05, 4.69) is 17.0 Å². The molecule has 0 aliphatic heterocycles. The zero-order chi connectivity index (χ0) is 20.1. The number of Topliss-reactive ketones (excluding diaryl/α,β-unsaturated/α-hetero) is 1. The fourth-order valence-corrected chi connectivity index (χ4v) is 3.25. The van der Waals surface area contributed by atoms with Crippen molar-refractivity contribution in [3.05, 3.63) is 65.9 Å². The van der Waals surface area contributed by atoms with Gasteiger partial charge < -0.3 is 5.32 Å². The van der Waals surface area contributed by atoms with Crippen LogP contribution < -0.4 is 5.32 Å². The Hall–Kier alpha value is -3.30. The van der Waals surface area contributed by atoms with Gasteiger partial charge in [-0.2, -0.15) is 10.4 Å². The van der Waals surface area contributed by atoms with Gasteiger partial charge in [0.2, 0.25) is 0 Å². The van der Waals surface area contributed by atoms with Crippen LogP contribution >= 0.6 is 0 Å². The minimum absolute atomic E-state index is 0.0266. The summed E-state index contributed by atoms with van der Waals surface area (Å²) in [7, 11) is 0. The predicted octanol–water partition coefficient (Wildman–Crippen LogP) is 4.04. The number of nitriles is 1. The van der Waals surface area contributed by atoms with E-state index in [4.69, 9.17) is 5.26 Å². The SMILES string of the molecule is C=C(C#N)CNCc1c(C(C)=O)cccc1-c1ccc2cnn(CCF)c2c1. The summed E-state index contributed by atoms with van der Waals surface area (Å²) < 4.78 is 14.5. The number of hydrogen-bond donors (Lipinski definition) is 1. The molecule has 0 amide bonds.